The number of aliphatic hydroxyl groups excluding tert-OH is 1. The number of ether oxygens (including phenoxy) is 2. The van der Waals surface area contributed by atoms with Gasteiger partial charge in [-0.2, -0.15) is 0 Å². The van der Waals surface area contributed by atoms with Crippen LogP contribution in [0.25, 0.3) is 0 Å². The molecule has 0 aromatic carbocycles. The molecule has 23 heavy (non-hydrogen) atoms. The number of carbonyl (C=O) groups is 1. The Morgan fingerprint density at radius 2 is 1.91 bits per heavy atom. The molecule has 4 heteroatoms. The van der Waals surface area contributed by atoms with Crippen molar-refractivity contribution in [3.05, 3.63) is 24.3 Å². The summed E-state index contributed by atoms with van der Waals surface area (Å²) < 4.78 is 10.1. The fourth-order valence-electron chi connectivity index (χ4n) is 2.55. The standard InChI is InChI=1S/C19H32O4/c1-3-4-10-14-17-19(23-17)16(20)13-11-8-6-5-7-9-12-15-18(21)22-2/h4,10-11,13,16-17,19-20H,3,5-9,12,14-15H2,1-2H3/b10-4-,13-11-/t16-,17-,19-/m0/s1. The van der Waals surface area contributed by atoms with Crippen LogP contribution in [0.15, 0.2) is 24.3 Å². The molecule has 1 N–H and O–H groups in total. The van der Waals surface area contributed by atoms with Gasteiger partial charge in [0.15, 0.2) is 0 Å². The highest BCUT2D eigenvalue weighted by Crippen LogP contribution is 2.29. The molecule has 1 saturated heterocycles. The molecule has 0 spiro atoms. The third-order valence-corrected chi connectivity index (χ3v) is 4.04. The molecular formula is C19H32O4. The molecular weight excluding hydrogens is 292 g/mol. The van der Waals surface area contributed by atoms with Crippen LogP contribution in [0.5, 0.6) is 0 Å². The number of aliphatic hydroxyl groups is 1. The Bertz CT molecular complexity index is 376. The van der Waals surface area contributed by atoms with Crippen LogP contribution in [0.4, 0.5) is 0 Å². The first-order chi connectivity index (χ1) is 11.2. The summed E-state index contributed by atoms with van der Waals surface area (Å²) in [7, 11) is 1.43. The average molecular weight is 324 g/mol. The highest BCUT2D eigenvalue weighted by Gasteiger charge is 2.42. The lowest BCUT2D eigenvalue weighted by Crippen LogP contribution is -2.13. The Balaban J connectivity index is 1.94. The quantitative estimate of drug-likeness (QED) is 0.241. The van der Waals surface area contributed by atoms with Gasteiger partial charge in [-0.05, 0) is 32.1 Å². The van der Waals surface area contributed by atoms with Crippen LogP contribution in [-0.4, -0.2) is 36.5 Å². The van der Waals surface area contributed by atoms with Crippen LogP contribution in [0, 0.1) is 0 Å². The van der Waals surface area contributed by atoms with Gasteiger partial charge in [-0.15, -0.1) is 0 Å². The first-order valence-electron chi connectivity index (χ1n) is 8.91. The minimum Gasteiger partial charge on any atom is -0.469 e. The maximum absolute atomic E-state index is 10.9. The third kappa shape index (κ3) is 9.57. The van der Waals surface area contributed by atoms with E-state index in [2.05, 4.69) is 29.9 Å². The number of rotatable bonds is 13. The molecule has 1 aliphatic rings. The molecule has 132 valence electrons. The molecule has 1 heterocycles. The van der Waals surface area contributed by atoms with Gasteiger partial charge in [-0.1, -0.05) is 50.5 Å². The molecule has 0 aromatic rings. The molecule has 0 radical (unpaired) electrons. The van der Waals surface area contributed by atoms with Gasteiger partial charge in [-0.3, -0.25) is 4.79 Å². The molecule has 1 rings (SSSR count). The lowest BCUT2D eigenvalue weighted by molar-refractivity contribution is -0.140. The third-order valence-electron chi connectivity index (χ3n) is 4.04. The van der Waals surface area contributed by atoms with E-state index in [1.165, 1.54) is 7.11 Å². The highest BCUT2D eigenvalue weighted by atomic mass is 16.6. The summed E-state index contributed by atoms with van der Waals surface area (Å²) in [5.41, 5.74) is 0. The predicted molar refractivity (Wildman–Crippen MR) is 92.2 cm³/mol. The second-order valence-electron chi connectivity index (χ2n) is 6.06. The zero-order valence-electron chi connectivity index (χ0n) is 14.6. The van der Waals surface area contributed by atoms with Gasteiger partial charge in [0.1, 0.15) is 12.2 Å². The smallest absolute Gasteiger partial charge is 0.305 e. The zero-order valence-corrected chi connectivity index (χ0v) is 14.6. The largest absolute Gasteiger partial charge is 0.469 e. The van der Waals surface area contributed by atoms with Gasteiger partial charge in [0.2, 0.25) is 0 Å². The van der Waals surface area contributed by atoms with Gasteiger partial charge >= 0.3 is 5.97 Å². The van der Waals surface area contributed by atoms with Crippen LogP contribution in [-0.2, 0) is 14.3 Å². The molecule has 3 atom stereocenters. The number of epoxide rings is 1. The Labute approximate surface area is 140 Å². The Morgan fingerprint density at radius 1 is 1.17 bits per heavy atom. The Hall–Kier alpha value is -1.13. The molecule has 0 aliphatic carbocycles. The summed E-state index contributed by atoms with van der Waals surface area (Å²) >= 11 is 0. The summed E-state index contributed by atoms with van der Waals surface area (Å²) in [6, 6.07) is 0. The van der Waals surface area contributed by atoms with E-state index in [1.54, 1.807) is 0 Å². The average Bonchev–Trinajstić information content (AvgIpc) is 3.32. The highest BCUT2D eigenvalue weighted by molar-refractivity contribution is 5.68. The molecule has 0 unspecified atom stereocenters. The minimum absolute atomic E-state index is 0.0222. The Morgan fingerprint density at radius 3 is 2.65 bits per heavy atom. The van der Waals surface area contributed by atoms with E-state index in [4.69, 9.17) is 4.74 Å². The first kappa shape index (κ1) is 19.9. The molecule has 0 aromatic heterocycles. The number of methoxy groups -OCH3 is 1. The predicted octanol–water partition coefficient (Wildman–Crippen LogP) is 3.93. The lowest BCUT2D eigenvalue weighted by Gasteiger charge is -2.01. The van der Waals surface area contributed by atoms with Crippen molar-refractivity contribution in [2.45, 2.75) is 83.0 Å². The van der Waals surface area contributed by atoms with Crippen LogP contribution in [0.1, 0.15) is 64.7 Å². The number of unbranched alkanes of at least 4 members (excludes halogenated alkanes) is 5. The van der Waals surface area contributed by atoms with Crippen molar-refractivity contribution in [2.75, 3.05) is 7.11 Å². The summed E-state index contributed by atoms with van der Waals surface area (Å²) in [4.78, 5) is 10.9. The molecule has 0 bridgehead atoms. The number of carbonyl (C=O) groups excluding carboxylic acids is 1. The van der Waals surface area contributed by atoms with E-state index in [0.717, 1.165) is 51.4 Å². The maximum atomic E-state index is 10.9. The molecule has 0 saturated carbocycles. The summed E-state index contributed by atoms with van der Waals surface area (Å²) in [5, 5.41) is 9.98. The van der Waals surface area contributed by atoms with Crippen molar-refractivity contribution in [2.24, 2.45) is 0 Å². The summed E-state index contributed by atoms with van der Waals surface area (Å²) in [5.74, 6) is -0.118. The van der Waals surface area contributed by atoms with E-state index in [0.29, 0.717) is 6.42 Å². The number of hydrogen-bond donors (Lipinski definition) is 1. The van der Waals surface area contributed by atoms with Crippen LogP contribution >= 0.6 is 0 Å². The maximum Gasteiger partial charge on any atom is 0.305 e. The zero-order chi connectivity index (χ0) is 16.9. The normalized spacial score (nSPS) is 21.9. The molecule has 1 fully saturated rings. The van der Waals surface area contributed by atoms with Crippen LogP contribution < -0.4 is 0 Å². The number of hydrogen-bond acceptors (Lipinski definition) is 4. The summed E-state index contributed by atoms with van der Waals surface area (Å²) in [6.45, 7) is 2.11. The molecule has 1 aliphatic heterocycles. The van der Waals surface area contributed by atoms with E-state index in [9.17, 15) is 9.90 Å². The molecule has 4 nitrogen and oxygen atoms in total. The molecule has 0 amide bonds. The topological polar surface area (TPSA) is 59.1 Å². The number of allylic oxidation sites excluding steroid dienone is 2. The van der Waals surface area contributed by atoms with Crippen molar-refractivity contribution >= 4 is 5.97 Å². The first-order valence-corrected chi connectivity index (χ1v) is 8.91. The second kappa shape index (κ2) is 12.3. The van der Waals surface area contributed by atoms with Crippen molar-refractivity contribution in [3.8, 4) is 0 Å². The second-order valence-corrected chi connectivity index (χ2v) is 6.06. The van der Waals surface area contributed by atoms with Crippen molar-refractivity contribution in [3.63, 3.8) is 0 Å². The van der Waals surface area contributed by atoms with Crippen molar-refractivity contribution in [1.82, 2.24) is 0 Å². The number of esters is 1. The van der Waals surface area contributed by atoms with Crippen molar-refractivity contribution < 1.29 is 19.4 Å². The van der Waals surface area contributed by atoms with Gasteiger partial charge in [-0.25, -0.2) is 0 Å². The fourth-order valence-corrected chi connectivity index (χ4v) is 2.55. The summed E-state index contributed by atoms with van der Waals surface area (Å²) in [6.07, 6.45) is 16.7. The van der Waals surface area contributed by atoms with Gasteiger partial charge in [0.05, 0.1) is 13.2 Å². The monoisotopic (exact) mass is 324 g/mol. The Kier molecular flexibility index (Phi) is 10.7. The van der Waals surface area contributed by atoms with E-state index >= 15 is 0 Å². The van der Waals surface area contributed by atoms with Crippen LogP contribution in [0.2, 0.25) is 0 Å². The van der Waals surface area contributed by atoms with Gasteiger partial charge in [0.25, 0.3) is 0 Å². The van der Waals surface area contributed by atoms with E-state index < -0.39 is 6.10 Å². The SMILES string of the molecule is CC/C=C\C[C@@H]1O[C@H]1[C@@H](O)/C=C\CCCCCCCC(=O)OC. The minimum atomic E-state index is -0.477. The van der Waals surface area contributed by atoms with Gasteiger partial charge < -0.3 is 14.6 Å². The lowest BCUT2D eigenvalue weighted by atomic mass is 10.1. The van der Waals surface area contributed by atoms with Gasteiger partial charge in [0, 0.05) is 6.42 Å². The van der Waals surface area contributed by atoms with Crippen LogP contribution in [0.3, 0.4) is 0 Å². The van der Waals surface area contributed by atoms with Crippen molar-refractivity contribution in [1.29, 1.82) is 0 Å². The van der Waals surface area contributed by atoms with E-state index in [1.807, 2.05) is 6.08 Å². The van der Waals surface area contributed by atoms with E-state index in [-0.39, 0.29) is 18.2 Å². The fraction of sp³-hybridized carbons (Fsp3) is 0.737.